The van der Waals surface area contributed by atoms with E-state index < -0.39 is 29.8 Å². The van der Waals surface area contributed by atoms with Crippen LogP contribution in [0.5, 0.6) is 0 Å². The monoisotopic (exact) mass is 487 g/mol. The first-order valence-electron chi connectivity index (χ1n) is 11.5. The van der Waals surface area contributed by atoms with Crippen molar-refractivity contribution in [1.82, 2.24) is 4.90 Å². The van der Waals surface area contributed by atoms with Crippen LogP contribution >= 0.6 is 0 Å². The minimum atomic E-state index is -1.05. The van der Waals surface area contributed by atoms with E-state index in [1.807, 2.05) is 12.1 Å². The summed E-state index contributed by atoms with van der Waals surface area (Å²) in [4.78, 5) is 62.7. The molecule has 184 valence electrons. The number of carbonyl (C=O) groups is 5. The number of carbonyl (C=O) groups excluding carboxylic acids is 5. The van der Waals surface area contributed by atoms with E-state index in [0.717, 1.165) is 10.3 Å². The Kier molecular flexibility index (Phi) is 7.10. The van der Waals surface area contributed by atoms with Crippen molar-refractivity contribution >= 4 is 51.7 Å². The van der Waals surface area contributed by atoms with Gasteiger partial charge in [-0.2, -0.15) is 0 Å². The highest BCUT2D eigenvalue weighted by Crippen LogP contribution is 2.30. The Morgan fingerprint density at radius 2 is 1.42 bits per heavy atom. The number of hydrogen-bond donors (Lipinski definition) is 2. The van der Waals surface area contributed by atoms with Crippen LogP contribution in [-0.2, 0) is 19.1 Å². The van der Waals surface area contributed by atoms with Crippen LogP contribution in [0, 0.1) is 0 Å². The fourth-order valence-corrected chi connectivity index (χ4v) is 4.06. The summed E-state index contributed by atoms with van der Waals surface area (Å²) in [6.45, 7) is 2.90. The molecule has 2 N–H and O–H groups in total. The fourth-order valence-electron chi connectivity index (χ4n) is 4.06. The lowest BCUT2D eigenvalue weighted by Gasteiger charge is -2.27. The molecule has 0 spiro atoms. The summed E-state index contributed by atoms with van der Waals surface area (Å²) in [5, 5.41) is 6.74. The van der Waals surface area contributed by atoms with E-state index in [1.165, 1.54) is 13.8 Å². The highest BCUT2D eigenvalue weighted by Gasteiger charge is 2.32. The fraction of sp³-hybridized carbons (Fsp3) is 0.222. The van der Waals surface area contributed by atoms with Crippen molar-refractivity contribution in [3.63, 3.8) is 0 Å². The second kappa shape index (κ2) is 10.4. The molecule has 3 aromatic rings. The Morgan fingerprint density at radius 1 is 0.861 bits per heavy atom. The molecule has 0 saturated heterocycles. The van der Waals surface area contributed by atoms with Gasteiger partial charge in [0.25, 0.3) is 17.7 Å². The van der Waals surface area contributed by atoms with Gasteiger partial charge in [0.2, 0.25) is 5.91 Å². The van der Waals surface area contributed by atoms with E-state index in [-0.39, 0.29) is 25.3 Å². The topological polar surface area (TPSA) is 122 Å². The van der Waals surface area contributed by atoms with Gasteiger partial charge in [-0.3, -0.25) is 28.9 Å². The van der Waals surface area contributed by atoms with Gasteiger partial charge in [0.05, 0.1) is 0 Å². The highest BCUT2D eigenvalue weighted by atomic mass is 16.5. The molecule has 0 unspecified atom stereocenters. The van der Waals surface area contributed by atoms with Gasteiger partial charge >= 0.3 is 5.97 Å². The number of hydrogen-bond acceptors (Lipinski definition) is 6. The number of benzene rings is 3. The van der Waals surface area contributed by atoms with E-state index in [0.29, 0.717) is 27.9 Å². The minimum Gasteiger partial charge on any atom is -0.453 e. The van der Waals surface area contributed by atoms with Crippen molar-refractivity contribution in [2.75, 3.05) is 17.2 Å². The number of esters is 1. The van der Waals surface area contributed by atoms with E-state index >= 15 is 0 Å². The average Bonchev–Trinajstić information content (AvgIpc) is 2.85. The number of rotatable bonds is 8. The predicted octanol–water partition coefficient (Wildman–Crippen LogP) is 3.74. The SMILES string of the molecule is CC(=O)Nc1ccc(NC(=O)[C@@H](C)OC(=O)CCCN2C(=O)c3cccc4cccc(c34)C2=O)cc1. The minimum absolute atomic E-state index is 0.0543. The Balaban J connectivity index is 1.28. The van der Waals surface area contributed by atoms with Gasteiger partial charge in [-0.1, -0.05) is 24.3 Å². The molecule has 4 amide bonds. The Hall–Kier alpha value is -4.53. The van der Waals surface area contributed by atoms with Crippen molar-refractivity contribution in [1.29, 1.82) is 0 Å². The van der Waals surface area contributed by atoms with Crippen molar-refractivity contribution in [3.8, 4) is 0 Å². The lowest BCUT2D eigenvalue weighted by atomic mass is 9.94. The Labute approximate surface area is 207 Å². The third kappa shape index (κ3) is 5.25. The molecule has 0 aliphatic carbocycles. The Morgan fingerprint density at radius 3 is 1.97 bits per heavy atom. The maximum absolute atomic E-state index is 12.9. The van der Waals surface area contributed by atoms with Gasteiger partial charge in [0, 0.05) is 47.8 Å². The van der Waals surface area contributed by atoms with Crippen LogP contribution in [0.15, 0.2) is 60.7 Å². The summed E-state index contributed by atoms with van der Waals surface area (Å²) >= 11 is 0. The lowest BCUT2D eigenvalue weighted by Crippen LogP contribution is -2.41. The average molecular weight is 488 g/mol. The number of anilines is 2. The van der Waals surface area contributed by atoms with Gasteiger partial charge in [0.15, 0.2) is 6.10 Å². The smallest absolute Gasteiger partial charge is 0.306 e. The zero-order chi connectivity index (χ0) is 25.8. The lowest BCUT2D eigenvalue weighted by molar-refractivity contribution is -0.153. The molecule has 1 heterocycles. The molecule has 4 rings (SSSR count). The van der Waals surface area contributed by atoms with Crippen molar-refractivity contribution in [2.24, 2.45) is 0 Å². The second-order valence-corrected chi connectivity index (χ2v) is 8.45. The van der Waals surface area contributed by atoms with E-state index in [1.54, 1.807) is 48.5 Å². The van der Waals surface area contributed by atoms with Crippen LogP contribution in [0.25, 0.3) is 10.8 Å². The van der Waals surface area contributed by atoms with E-state index in [2.05, 4.69) is 10.6 Å². The zero-order valence-electron chi connectivity index (χ0n) is 19.9. The molecule has 1 aliphatic heterocycles. The molecular weight excluding hydrogens is 462 g/mol. The predicted molar refractivity (Wildman–Crippen MR) is 133 cm³/mol. The molecule has 1 atom stereocenters. The number of imide groups is 1. The van der Waals surface area contributed by atoms with Crippen LogP contribution in [0.1, 0.15) is 47.4 Å². The molecule has 0 fully saturated rings. The van der Waals surface area contributed by atoms with Crippen LogP contribution in [0.4, 0.5) is 11.4 Å². The van der Waals surface area contributed by atoms with Gasteiger partial charge in [0.1, 0.15) is 0 Å². The first-order chi connectivity index (χ1) is 17.2. The summed E-state index contributed by atoms with van der Waals surface area (Å²) < 4.78 is 5.21. The third-order valence-corrected chi connectivity index (χ3v) is 5.77. The number of nitrogens with one attached hydrogen (secondary N) is 2. The summed E-state index contributed by atoms with van der Waals surface area (Å²) in [7, 11) is 0. The summed E-state index contributed by atoms with van der Waals surface area (Å²) in [5.41, 5.74) is 1.99. The molecular formula is C27H25N3O6. The first-order valence-corrected chi connectivity index (χ1v) is 11.5. The quantitative estimate of drug-likeness (QED) is 0.369. The summed E-state index contributed by atoms with van der Waals surface area (Å²) in [5.74, 6) is -2.12. The van der Waals surface area contributed by atoms with Crippen LogP contribution < -0.4 is 10.6 Å². The van der Waals surface area contributed by atoms with Gasteiger partial charge in [-0.05, 0) is 55.1 Å². The second-order valence-electron chi connectivity index (χ2n) is 8.45. The standard InChI is InChI=1S/C27H25N3O6/c1-16(25(33)29-20-13-11-19(12-14-20)28-17(2)31)36-23(32)10-5-15-30-26(34)21-8-3-6-18-7-4-9-22(24(18)21)27(30)35/h3-4,6-9,11-14,16H,5,10,15H2,1-2H3,(H,28,31)(H,29,33)/t16-/m1/s1. The maximum Gasteiger partial charge on any atom is 0.306 e. The number of ether oxygens (including phenoxy) is 1. The molecule has 0 radical (unpaired) electrons. The highest BCUT2D eigenvalue weighted by molar-refractivity contribution is 6.25. The normalized spacial score (nSPS) is 13.3. The molecule has 3 aromatic carbocycles. The van der Waals surface area contributed by atoms with E-state index in [4.69, 9.17) is 4.74 Å². The van der Waals surface area contributed by atoms with Crippen molar-refractivity contribution in [2.45, 2.75) is 32.8 Å². The number of nitrogens with zero attached hydrogens (tertiary/aromatic N) is 1. The molecule has 9 nitrogen and oxygen atoms in total. The number of amides is 4. The zero-order valence-corrected chi connectivity index (χ0v) is 19.9. The molecule has 1 aliphatic rings. The summed E-state index contributed by atoms with van der Waals surface area (Å²) in [6, 6.07) is 17.1. The molecule has 0 aromatic heterocycles. The van der Waals surface area contributed by atoms with Gasteiger partial charge in [-0.25, -0.2) is 0 Å². The summed E-state index contributed by atoms with van der Waals surface area (Å²) in [6.07, 6.45) is -0.908. The molecule has 9 heteroatoms. The van der Waals surface area contributed by atoms with Gasteiger partial charge in [-0.15, -0.1) is 0 Å². The van der Waals surface area contributed by atoms with Gasteiger partial charge < -0.3 is 15.4 Å². The maximum atomic E-state index is 12.9. The third-order valence-electron chi connectivity index (χ3n) is 5.77. The molecule has 0 bridgehead atoms. The van der Waals surface area contributed by atoms with Crippen LogP contribution in [0.2, 0.25) is 0 Å². The van der Waals surface area contributed by atoms with Crippen molar-refractivity contribution in [3.05, 3.63) is 71.8 Å². The van der Waals surface area contributed by atoms with Crippen LogP contribution in [-0.4, -0.2) is 47.1 Å². The van der Waals surface area contributed by atoms with Crippen molar-refractivity contribution < 1.29 is 28.7 Å². The largest absolute Gasteiger partial charge is 0.453 e. The van der Waals surface area contributed by atoms with Crippen LogP contribution in [0.3, 0.4) is 0 Å². The Bertz CT molecular complexity index is 1310. The molecule has 36 heavy (non-hydrogen) atoms. The molecule has 0 saturated carbocycles. The first kappa shape index (κ1) is 24.6. The van der Waals surface area contributed by atoms with E-state index in [9.17, 15) is 24.0 Å².